The first-order valence-electron chi connectivity index (χ1n) is 7.25. The highest BCUT2D eigenvalue weighted by Gasteiger charge is 2.17. The van der Waals surface area contributed by atoms with Gasteiger partial charge in [0.05, 0.1) is 0 Å². The van der Waals surface area contributed by atoms with Crippen LogP contribution in [-0.4, -0.2) is 5.97 Å². The summed E-state index contributed by atoms with van der Waals surface area (Å²) in [7, 11) is 0. The first-order chi connectivity index (χ1) is 11.6. The number of carbonyl (C=O) groups is 1. The number of nitrogens with two attached hydrogens (primary N) is 1. The Labute approximate surface area is 142 Å². The summed E-state index contributed by atoms with van der Waals surface area (Å²) in [4.78, 5) is 24.4. The molecule has 2 N–H and O–H groups in total. The number of esters is 1. The number of fused-ring (bicyclic) bond motifs is 1. The summed E-state index contributed by atoms with van der Waals surface area (Å²) in [5.41, 5.74) is 6.59. The van der Waals surface area contributed by atoms with E-state index in [0.29, 0.717) is 28.2 Å². The molecule has 0 radical (unpaired) electrons. The molecule has 0 atom stereocenters. The largest absolute Gasteiger partial charge is 0.422 e. The highest BCUT2D eigenvalue weighted by atomic mass is 35.5. The van der Waals surface area contributed by atoms with Gasteiger partial charge in [-0.15, -0.1) is 11.6 Å². The number of ether oxygens (including phenoxy) is 1. The number of hydrogen-bond acceptors (Lipinski definition) is 5. The van der Waals surface area contributed by atoms with E-state index in [1.54, 1.807) is 42.5 Å². The van der Waals surface area contributed by atoms with Crippen LogP contribution in [0.4, 0.5) is 0 Å². The van der Waals surface area contributed by atoms with E-state index in [9.17, 15) is 9.59 Å². The van der Waals surface area contributed by atoms with Crippen LogP contribution in [-0.2, 0) is 12.4 Å². The van der Waals surface area contributed by atoms with Gasteiger partial charge in [-0.25, -0.2) is 9.59 Å². The Morgan fingerprint density at radius 3 is 2.71 bits per heavy atom. The Morgan fingerprint density at radius 1 is 1.17 bits per heavy atom. The number of para-hydroxylation sites is 1. The standard InChI is InChI=1S/C18H14ClNO4/c19-9-11-5-6-16-13(7-11)8-14(18(22)24-16)17(21)23-15-4-2-1-3-12(15)10-20/h1-8H,9-10,20H2. The van der Waals surface area contributed by atoms with Gasteiger partial charge < -0.3 is 14.9 Å². The van der Waals surface area contributed by atoms with Crippen LogP contribution in [0.1, 0.15) is 21.5 Å². The predicted molar refractivity (Wildman–Crippen MR) is 91.3 cm³/mol. The quantitative estimate of drug-likeness (QED) is 0.340. The summed E-state index contributed by atoms with van der Waals surface area (Å²) >= 11 is 5.81. The average Bonchev–Trinajstić information content (AvgIpc) is 2.61. The zero-order chi connectivity index (χ0) is 17.1. The third-order valence-electron chi connectivity index (χ3n) is 3.57. The van der Waals surface area contributed by atoms with Gasteiger partial charge in [-0.2, -0.15) is 0 Å². The minimum Gasteiger partial charge on any atom is -0.422 e. The van der Waals surface area contributed by atoms with E-state index in [0.717, 1.165) is 5.56 Å². The fraction of sp³-hybridized carbons (Fsp3) is 0.111. The lowest BCUT2D eigenvalue weighted by Crippen LogP contribution is -2.19. The second kappa shape index (κ2) is 6.86. The predicted octanol–water partition coefficient (Wildman–Crippen LogP) is 3.21. The van der Waals surface area contributed by atoms with Crippen LogP contribution >= 0.6 is 11.6 Å². The lowest BCUT2D eigenvalue weighted by Gasteiger charge is -2.08. The topological polar surface area (TPSA) is 82.5 Å². The van der Waals surface area contributed by atoms with Crippen molar-refractivity contribution >= 4 is 28.5 Å². The van der Waals surface area contributed by atoms with E-state index in [2.05, 4.69) is 0 Å². The third kappa shape index (κ3) is 3.18. The number of halogens is 1. The maximum atomic E-state index is 12.4. The van der Waals surface area contributed by atoms with Gasteiger partial charge in [-0.3, -0.25) is 0 Å². The van der Waals surface area contributed by atoms with E-state index in [1.165, 1.54) is 6.07 Å². The molecule has 0 fully saturated rings. The van der Waals surface area contributed by atoms with Gasteiger partial charge in [0.1, 0.15) is 16.9 Å². The maximum Gasteiger partial charge on any atom is 0.351 e. The van der Waals surface area contributed by atoms with Crippen LogP contribution in [0.15, 0.2) is 57.7 Å². The lowest BCUT2D eigenvalue weighted by atomic mass is 10.1. The van der Waals surface area contributed by atoms with Crippen LogP contribution in [0.25, 0.3) is 11.0 Å². The molecule has 0 bridgehead atoms. The zero-order valence-corrected chi connectivity index (χ0v) is 13.4. The fourth-order valence-corrected chi connectivity index (χ4v) is 2.49. The Morgan fingerprint density at radius 2 is 1.96 bits per heavy atom. The van der Waals surface area contributed by atoms with Crippen molar-refractivity contribution in [1.29, 1.82) is 0 Å². The summed E-state index contributed by atoms with van der Waals surface area (Å²) in [5, 5.41) is 0.604. The lowest BCUT2D eigenvalue weighted by molar-refractivity contribution is 0.0729. The molecule has 122 valence electrons. The Hall–Kier alpha value is -2.63. The number of alkyl halides is 1. The molecule has 0 aliphatic rings. The first-order valence-corrected chi connectivity index (χ1v) is 7.78. The van der Waals surface area contributed by atoms with Gasteiger partial charge in [0.25, 0.3) is 0 Å². The summed E-state index contributed by atoms with van der Waals surface area (Å²) in [6.07, 6.45) is 0. The summed E-state index contributed by atoms with van der Waals surface area (Å²) < 4.78 is 10.5. The molecule has 0 amide bonds. The molecule has 6 heteroatoms. The Bertz CT molecular complexity index is 965. The number of hydrogen-bond donors (Lipinski definition) is 1. The van der Waals surface area contributed by atoms with Crippen LogP contribution in [0.2, 0.25) is 0 Å². The number of benzene rings is 2. The van der Waals surface area contributed by atoms with Gasteiger partial charge in [-0.05, 0) is 29.8 Å². The molecule has 0 spiro atoms. The van der Waals surface area contributed by atoms with E-state index in [-0.39, 0.29) is 12.1 Å². The Kier molecular flexibility index (Phi) is 4.64. The molecular weight excluding hydrogens is 330 g/mol. The molecule has 0 unspecified atom stereocenters. The summed E-state index contributed by atoms with van der Waals surface area (Å²) in [6, 6.07) is 13.5. The monoisotopic (exact) mass is 343 g/mol. The fourth-order valence-electron chi connectivity index (χ4n) is 2.33. The molecule has 0 aliphatic carbocycles. The van der Waals surface area contributed by atoms with Crippen molar-refractivity contribution in [3.63, 3.8) is 0 Å². The molecule has 1 heterocycles. The molecule has 0 saturated carbocycles. The second-order valence-electron chi connectivity index (χ2n) is 5.15. The van der Waals surface area contributed by atoms with E-state index in [4.69, 9.17) is 26.5 Å². The van der Waals surface area contributed by atoms with Crippen molar-refractivity contribution < 1.29 is 13.9 Å². The third-order valence-corrected chi connectivity index (χ3v) is 3.87. The van der Waals surface area contributed by atoms with Gasteiger partial charge in [-0.1, -0.05) is 24.3 Å². The first kappa shape index (κ1) is 16.2. The number of rotatable bonds is 4. The van der Waals surface area contributed by atoms with Crippen molar-refractivity contribution in [2.75, 3.05) is 0 Å². The van der Waals surface area contributed by atoms with E-state index >= 15 is 0 Å². The molecule has 0 saturated heterocycles. The number of carbonyl (C=O) groups excluding carboxylic acids is 1. The minimum atomic E-state index is -0.789. The van der Waals surface area contributed by atoms with Crippen molar-refractivity contribution in [1.82, 2.24) is 0 Å². The molecular formula is C18H14ClNO4. The van der Waals surface area contributed by atoms with Gasteiger partial charge >= 0.3 is 11.6 Å². The second-order valence-corrected chi connectivity index (χ2v) is 5.42. The molecule has 1 aromatic heterocycles. The summed E-state index contributed by atoms with van der Waals surface area (Å²) in [6.45, 7) is 0.217. The van der Waals surface area contributed by atoms with Crippen LogP contribution in [0, 0.1) is 0 Å². The van der Waals surface area contributed by atoms with E-state index < -0.39 is 11.6 Å². The smallest absolute Gasteiger partial charge is 0.351 e. The van der Waals surface area contributed by atoms with E-state index in [1.807, 2.05) is 0 Å². The zero-order valence-electron chi connectivity index (χ0n) is 12.6. The van der Waals surface area contributed by atoms with Crippen molar-refractivity contribution in [3.8, 4) is 5.75 Å². The highest BCUT2D eigenvalue weighted by molar-refractivity contribution is 6.17. The van der Waals surface area contributed by atoms with Crippen molar-refractivity contribution in [3.05, 3.63) is 75.6 Å². The van der Waals surface area contributed by atoms with Gasteiger partial charge in [0.15, 0.2) is 0 Å². The SMILES string of the molecule is NCc1ccccc1OC(=O)c1cc2cc(CCl)ccc2oc1=O. The van der Waals surface area contributed by atoms with Crippen LogP contribution in [0.3, 0.4) is 0 Å². The molecule has 3 rings (SSSR count). The molecule has 24 heavy (non-hydrogen) atoms. The van der Waals surface area contributed by atoms with Crippen molar-refractivity contribution in [2.24, 2.45) is 5.73 Å². The van der Waals surface area contributed by atoms with Gasteiger partial charge in [0.2, 0.25) is 0 Å². The normalized spacial score (nSPS) is 10.8. The van der Waals surface area contributed by atoms with Crippen molar-refractivity contribution in [2.45, 2.75) is 12.4 Å². The van der Waals surface area contributed by atoms with Crippen LogP contribution < -0.4 is 16.1 Å². The molecule has 3 aromatic rings. The Balaban J connectivity index is 2.00. The molecule has 0 aliphatic heterocycles. The summed E-state index contributed by atoms with van der Waals surface area (Å²) in [5.74, 6) is -0.152. The molecule has 2 aromatic carbocycles. The highest BCUT2D eigenvalue weighted by Crippen LogP contribution is 2.20. The molecule has 5 nitrogen and oxygen atoms in total. The maximum absolute atomic E-state index is 12.4. The van der Waals surface area contributed by atoms with Crippen LogP contribution in [0.5, 0.6) is 5.75 Å². The van der Waals surface area contributed by atoms with Gasteiger partial charge in [0, 0.05) is 23.4 Å². The minimum absolute atomic E-state index is 0.180. The average molecular weight is 344 g/mol.